The highest BCUT2D eigenvalue weighted by atomic mass is 19.4. The normalized spacial score (nSPS) is 21.7. The van der Waals surface area contributed by atoms with Crippen LogP contribution in [0.1, 0.15) is 11.1 Å². The lowest BCUT2D eigenvalue weighted by atomic mass is 10.00. The van der Waals surface area contributed by atoms with Gasteiger partial charge in [0.25, 0.3) is 0 Å². The number of alkyl halides is 3. The summed E-state index contributed by atoms with van der Waals surface area (Å²) in [5.41, 5.74) is 2.48. The van der Waals surface area contributed by atoms with E-state index in [9.17, 15) is 13.2 Å². The van der Waals surface area contributed by atoms with Crippen LogP contribution in [0.15, 0.2) is 24.3 Å². The van der Waals surface area contributed by atoms with Crippen LogP contribution in [0.3, 0.4) is 0 Å². The molecule has 20 heavy (non-hydrogen) atoms. The van der Waals surface area contributed by atoms with E-state index >= 15 is 0 Å². The van der Waals surface area contributed by atoms with Gasteiger partial charge in [0.15, 0.2) is 0 Å². The molecular weight excluding hydrogens is 273 g/mol. The Bertz CT molecular complexity index is 434. The van der Waals surface area contributed by atoms with Crippen molar-refractivity contribution in [3.8, 4) is 0 Å². The Labute approximate surface area is 115 Å². The minimum absolute atomic E-state index is 0.261. The molecule has 1 fully saturated rings. The van der Waals surface area contributed by atoms with Crippen LogP contribution in [0, 0.1) is 0 Å². The van der Waals surface area contributed by atoms with Gasteiger partial charge in [-0.05, 0) is 18.1 Å². The molecule has 1 aliphatic rings. The van der Waals surface area contributed by atoms with Gasteiger partial charge in [0, 0.05) is 0 Å². The van der Waals surface area contributed by atoms with Gasteiger partial charge in [0.2, 0.25) is 0 Å². The fraction of sp³-hybridized carbons (Fsp3) is 0.538. The molecule has 0 radical (unpaired) electrons. The molecule has 0 amide bonds. The Morgan fingerprint density at radius 1 is 1.35 bits per heavy atom. The number of nitrogens with one attached hydrogen (secondary N) is 1. The van der Waals surface area contributed by atoms with Crippen molar-refractivity contribution in [2.45, 2.75) is 24.7 Å². The summed E-state index contributed by atoms with van der Waals surface area (Å²) < 4.78 is 48.8. The number of ether oxygens (including phenoxy) is 2. The summed E-state index contributed by atoms with van der Waals surface area (Å²) >= 11 is 0. The van der Waals surface area contributed by atoms with Crippen molar-refractivity contribution in [1.82, 2.24) is 5.43 Å². The predicted molar refractivity (Wildman–Crippen MR) is 66.8 cm³/mol. The fourth-order valence-corrected chi connectivity index (χ4v) is 2.16. The van der Waals surface area contributed by atoms with Crippen molar-refractivity contribution in [2.24, 2.45) is 5.84 Å². The number of hydrogen-bond donors (Lipinski definition) is 2. The molecular formula is C13H17F3N2O2. The first kappa shape index (κ1) is 15.2. The minimum Gasteiger partial charge on any atom is -0.376 e. The van der Waals surface area contributed by atoms with Crippen LogP contribution in [-0.4, -0.2) is 32.0 Å². The van der Waals surface area contributed by atoms with Gasteiger partial charge in [-0.3, -0.25) is 11.3 Å². The summed E-state index contributed by atoms with van der Waals surface area (Å²) in [5.74, 6) is 5.47. The van der Waals surface area contributed by atoms with Gasteiger partial charge >= 0.3 is 6.18 Å². The summed E-state index contributed by atoms with van der Waals surface area (Å²) in [6.07, 6.45) is -4.26. The third kappa shape index (κ3) is 3.92. The van der Waals surface area contributed by atoms with Crippen LogP contribution >= 0.6 is 0 Å². The summed E-state index contributed by atoms with van der Waals surface area (Å²) in [5, 5.41) is 0. The standard InChI is InChI=1S/C13H17F3N2O2/c14-13(15,16)10-3-1-2-9(6-10)7-11(18-17)12-8-19-4-5-20-12/h1-3,6,11-12,18H,4-5,7-8,17H2. The van der Waals surface area contributed by atoms with Crippen molar-refractivity contribution >= 4 is 0 Å². The van der Waals surface area contributed by atoms with Crippen LogP contribution in [0.2, 0.25) is 0 Å². The molecule has 7 heteroatoms. The quantitative estimate of drug-likeness (QED) is 0.652. The van der Waals surface area contributed by atoms with E-state index in [0.29, 0.717) is 31.8 Å². The second-order valence-electron chi connectivity index (χ2n) is 4.66. The highest BCUT2D eigenvalue weighted by molar-refractivity contribution is 5.26. The Hall–Kier alpha value is -1.15. The molecule has 1 heterocycles. The molecule has 0 spiro atoms. The zero-order chi connectivity index (χ0) is 14.6. The number of halogens is 3. The van der Waals surface area contributed by atoms with Crippen molar-refractivity contribution in [3.63, 3.8) is 0 Å². The molecule has 1 saturated heterocycles. The van der Waals surface area contributed by atoms with Crippen LogP contribution in [-0.2, 0) is 22.1 Å². The summed E-state index contributed by atoms with van der Waals surface area (Å²) in [7, 11) is 0. The lowest BCUT2D eigenvalue weighted by molar-refractivity contribution is -0.137. The Morgan fingerprint density at radius 2 is 2.15 bits per heavy atom. The van der Waals surface area contributed by atoms with E-state index in [1.54, 1.807) is 6.07 Å². The van der Waals surface area contributed by atoms with E-state index in [4.69, 9.17) is 15.3 Å². The van der Waals surface area contributed by atoms with E-state index < -0.39 is 11.7 Å². The minimum atomic E-state index is -4.34. The molecule has 1 aromatic rings. The monoisotopic (exact) mass is 290 g/mol. The first-order valence-electron chi connectivity index (χ1n) is 6.32. The molecule has 0 saturated carbocycles. The SMILES string of the molecule is NNC(Cc1cccc(C(F)(F)F)c1)C1COCCO1. The second-order valence-corrected chi connectivity index (χ2v) is 4.66. The maximum atomic E-state index is 12.7. The molecule has 0 aliphatic carbocycles. The highest BCUT2D eigenvalue weighted by Crippen LogP contribution is 2.29. The number of benzene rings is 1. The first-order chi connectivity index (χ1) is 9.50. The number of hydrogen-bond acceptors (Lipinski definition) is 4. The summed E-state index contributed by atoms with van der Waals surface area (Å²) in [6.45, 7) is 1.37. The van der Waals surface area contributed by atoms with Gasteiger partial charge in [-0.25, -0.2) is 0 Å². The molecule has 112 valence electrons. The van der Waals surface area contributed by atoms with Crippen LogP contribution in [0.4, 0.5) is 13.2 Å². The summed E-state index contributed by atoms with van der Waals surface area (Å²) in [4.78, 5) is 0. The summed E-state index contributed by atoms with van der Waals surface area (Å²) in [6, 6.07) is 4.93. The van der Waals surface area contributed by atoms with E-state index in [0.717, 1.165) is 12.1 Å². The van der Waals surface area contributed by atoms with Crippen molar-refractivity contribution < 1.29 is 22.6 Å². The lowest BCUT2D eigenvalue weighted by Gasteiger charge is -2.30. The number of hydrazine groups is 1. The molecule has 2 rings (SSSR count). The molecule has 1 aromatic carbocycles. The Kier molecular flexibility index (Phi) is 4.98. The van der Waals surface area contributed by atoms with Gasteiger partial charge in [0.05, 0.1) is 37.5 Å². The molecule has 1 aliphatic heterocycles. The Balaban J connectivity index is 2.07. The van der Waals surface area contributed by atoms with E-state index in [2.05, 4.69) is 5.43 Å². The van der Waals surface area contributed by atoms with Crippen molar-refractivity contribution in [3.05, 3.63) is 35.4 Å². The fourth-order valence-electron chi connectivity index (χ4n) is 2.16. The van der Waals surface area contributed by atoms with E-state index in [-0.39, 0.29) is 12.1 Å². The smallest absolute Gasteiger partial charge is 0.376 e. The van der Waals surface area contributed by atoms with E-state index in [1.807, 2.05) is 0 Å². The highest BCUT2D eigenvalue weighted by Gasteiger charge is 2.31. The van der Waals surface area contributed by atoms with Crippen LogP contribution < -0.4 is 11.3 Å². The van der Waals surface area contributed by atoms with Gasteiger partial charge in [-0.2, -0.15) is 13.2 Å². The topological polar surface area (TPSA) is 56.5 Å². The number of rotatable bonds is 4. The average molecular weight is 290 g/mol. The molecule has 0 bridgehead atoms. The Morgan fingerprint density at radius 3 is 2.75 bits per heavy atom. The predicted octanol–water partition coefficient (Wildman–Crippen LogP) is 1.50. The van der Waals surface area contributed by atoms with Gasteiger partial charge in [-0.1, -0.05) is 18.2 Å². The zero-order valence-electron chi connectivity index (χ0n) is 10.8. The van der Waals surface area contributed by atoms with Crippen LogP contribution in [0.5, 0.6) is 0 Å². The maximum absolute atomic E-state index is 12.7. The second kappa shape index (κ2) is 6.53. The van der Waals surface area contributed by atoms with Gasteiger partial charge in [0.1, 0.15) is 0 Å². The van der Waals surface area contributed by atoms with E-state index in [1.165, 1.54) is 6.07 Å². The number of nitrogens with two attached hydrogens (primary N) is 1. The third-order valence-corrected chi connectivity index (χ3v) is 3.21. The average Bonchev–Trinajstić information content (AvgIpc) is 2.45. The third-order valence-electron chi connectivity index (χ3n) is 3.21. The van der Waals surface area contributed by atoms with Crippen LogP contribution in [0.25, 0.3) is 0 Å². The molecule has 3 N–H and O–H groups in total. The largest absolute Gasteiger partial charge is 0.416 e. The first-order valence-corrected chi connectivity index (χ1v) is 6.32. The molecule has 2 atom stereocenters. The maximum Gasteiger partial charge on any atom is 0.416 e. The van der Waals surface area contributed by atoms with Gasteiger partial charge < -0.3 is 9.47 Å². The lowest BCUT2D eigenvalue weighted by Crippen LogP contribution is -2.50. The molecule has 4 nitrogen and oxygen atoms in total. The van der Waals surface area contributed by atoms with Crippen molar-refractivity contribution in [2.75, 3.05) is 19.8 Å². The zero-order valence-corrected chi connectivity index (χ0v) is 10.8. The molecule has 0 aromatic heterocycles. The molecule has 2 unspecified atom stereocenters. The van der Waals surface area contributed by atoms with Crippen molar-refractivity contribution in [1.29, 1.82) is 0 Å². The van der Waals surface area contributed by atoms with Gasteiger partial charge in [-0.15, -0.1) is 0 Å².